The number of carbonyl (C=O) groups is 2. The number of benzene rings is 3. The van der Waals surface area contributed by atoms with Gasteiger partial charge < -0.3 is 24.5 Å². The first-order chi connectivity index (χ1) is 25.1. The first kappa shape index (κ1) is 36.6. The Bertz CT molecular complexity index is 1840. The number of carboxylic acids is 1. The molecule has 0 amide bonds. The number of nitrogens with zero attached hydrogens (tertiary/aromatic N) is 3. The molecule has 278 valence electrons. The van der Waals surface area contributed by atoms with Crippen LogP contribution in [0.15, 0.2) is 82.6 Å². The molecule has 1 saturated carbocycles. The molecule has 7 rings (SSSR count). The van der Waals surface area contributed by atoms with E-state index in [0.29, 0.717) is 24.2 Å². The second-order valence-electron chi connectivity index (χ2n) is 15.4. The Kier molecular flexibility index (Phi) is 10.7. The number of hydrogen-bond donors (Lipinski definition) is 1. The summed E-state index contributed by atoms with van der Waals surface area (Å²) in [6, 6.07) is 19.6. The topological polar surface area (TPSA) is 107 Å². The molecule has 3 atom stereocenters. The van der Waals surface area contributed by atoms with E-state index in [9.17, 15) is 22.4 Å². The number of hydrogen-bond acceptors (Lipinski definition) is 8. The van der Waals surface area contributed by atoms with E-state index < -0.39 is 15.8 Å². The molecule has 1 N–H and O–H groups in total. The summed E-state index contributed by atoms with van der Waals surface area (Å²) < 4.78 is 46.4. The molecule has 3 aromatic carbocycles. The Hall–Kier alpha value is -3.80. The number of piperidine rings is 1. The minimum Gasteiger partial charge on any atom is -0.478 e. The predicted octanol–water partition coefficient (Wildman–Crippen LogP) is 6.13. The lowest BCUT2D eigenvalue weighted by atomic mass is 9.56. The summed E-state index contributed by atoms with van der Waals surface area (Å²) in [5.41, 5.74) is 1.90. The second kappa shape index (κ2) is 15.3. The van der Waals surface area contributed by atoms with E-state index in [4.69, 9.17) is 9.84 Å². The smallest absolute Gasteiger partial charge is 0.335 e. The van der Waals surface area contributed by atoms with Gasteiger partial charge in [0.15, 0.2) is 0 Å². The van der Waals surface area contributed by atoms with Gasteiger partial charge in [-0.2, -0.15) is 0 Å². The summed E-state index contributed by atoms with van der Waals surface area (Å²) in [6.45, 7) is 7.87. The molecule has 1 aliphatic carbocycles. The minimum atomic E-state index is -3.76. The van der Waals surface area contributed by atoms with Gasteiger partial charge in [-0.05, 0) is 142 Å². The third kappa shape index (κ3) is 7.37. The number of likely N-dealkylation sites (tertiary alicyclic amines) is 2. The van der Waals surface area contributed by atoms with Crippen LogP contribution in [-0.2, 0) is 24.8 Å². The first-order valence-electron chi connectivity index (χ1n) is 18.8. The molecular weight excluding hydrogens is 682 g/mol. The van der Waals surface area contributed by atoms with Crippen molar-refractivity contribution < 1.29 is 32.2 Å². The zero-order valence-corrected chi connectivity index (χ0v) is 30.8. The number of anilines is 1. The number of ether oxygens (including phenoxy) is 1. The Morgan fingerprint density at radius 1 is 0.865 bits per heavy atom. The van der Waals surface area contributed by atoms with Crippen LogP contribution in [0.1, 0.15) is 60.9 Å². The average molecular weight is 732 g/mol. The lowest BCUT2D eigenvalue weighted by molar-refractivity contribution is -0.142. The highest BCUT2D eigenvalue weighted by Gasteiger charge is 2.53. The van der Waals surface area contributed by atoms with Crippen molar-refractivity contribution in [3.8, 4) is 0 Å². The van der Waals surface area contributed by atoms with Crippen molar-refractivity contribution in [2.45, 2.75) is 60.2 Å². The van der Waals surface area contributed by atoms with Gasteiger partial charge in [0.1, 0.15) is 5.82 Å². The maximum absolute atomic E-state index is 15.0. The molecule has 0 bridgehead atoms. The molecule has 4 aliphatic rings. The molecular formula is C41H50FN3O6S. The lowest BCUT2D eigenvalue weighted by Crippen LogP contribution is -2.58. The first-order valence-corrected chi connectivity index (χ1v) is 20.3. The van der Waals surface area contributed by atoms with Crippen LogP contribution in [0.2, 0.25) is 0 Å². The number of aromatic carboxylic acids is 1. The molecule has 3 saturated heterocycles. The number of sulfone groups is 1. The second-order valence-corrected chi connectivity index (χ2v) is 17.4. The van der Waals surface area contributed by atoms with Crippen LogP contribution in [0.4, 0.5) is 10.1 Å². The van der Waals surface area contributed by atoms with Gasteiger partial charge >= 0.3 is 11.9 Å². The molecule has 4 fully saturated rings. The predicted molar refractivity (Wildman–Crippen MR) is 197 cm³/mol. The number of carbonyl (C=O) groups excluding carboxylic acids is 1. The fourth-order valence-electron chi connectivity index (χ4n) is 9.68. The standard InChI is InChI=1S/C41H50FN3O6S/c1-51-39(46)23-31-5-2-8-38(31)41(28-44-19-4-20-44,33-6-3-7-34(42)24-33)32-17-21-43(22-18-32)25-29-26-45(27-29)35-11-15-37(16-12-35)52(49,50)36-13-9-30(10-14-36)40(47)48/h3,6-7,9-16,24,29,31-32,38H,2,4-5,8,17-23,25-28H2,1H3,(H,47,48)/t31-,38+,41+/m1/s1. The molecule has 0 aromatic heterocycles. The molecule has 0 unspecified atom stereocenters. The average Bonchev–Trinajstić information content (AvgIpc) is 3.58. The van der Waals surface area contributed by atoms with Crippen molar-refractivity contribution in [1.82, 2.24) is 9.80 Å². The van der Waals surface area contributed by atoms with Crippen molar-refractivity contribution in [3.05, 3.63) is 89.7 Å². The number of methoxy groups -OCH3 is 1. The summed E-state index contributed by atoms with van der Waals surface area (Å²) in [7, 11) is -2.29. The van der Waals surface area contributed by atoms with Crippen LogP contribution in [0.25, 0.3) is 0 Å². The Labute approximate surface area is 306 Å². The van der Waals surface area contributed by atoms with Crippen LogP contribution in [0.3, 0.4) is 0 Å². The highest BCUT2D eigenvalue weighted by Crippen LogP contribution is 2.54. The maximum Gasteiger partial charge on any atom is 0.335 e. The van der Waals surface area contributed by atoms with Crippen LogP contribution >= 0.6 is 0 Å². The van der Waals surface area contributed by atoms with E-state index in [1.807, 2.05) is 18.2 Å². The van der Waals surface area contributed by atoms with Gasteiger partial charge in [0, 0.05) is 49.6 Å². The molecule has 9 nitrogen and oxygen atoms in total. The van der Waals surface area contributed by atoms with Crippen LogP contribution in [0, 0.1) is 29.5 Å². The van der Waals surface area contributed by atoms with Gasteiger partial charge in [-0.25, -0.2) is 17.6 Å². The van der Waals surface area contributed by atoms with Crippen molar-refractivity contribution in [2.75, 3.05) is 64.4 Å². The summed E-state index contributed by atoms with van der Waals surface area (Å²) in [5.74, 6) is -0.0109. The normalized spacial score (nSPS) is 23.1. The minimum absolute atomic E-state index is 0.0415. The lowest BCUT2D eigenvalue weighted by Gasteiger charge is -2.54. The number of carboxylic acid groups (broad SMARTS) is 1. The number of halogens is 1. The molecule has 0 spiro atoms. The summed E-state index contributed by atoms with van der Waals surface area (Å²) in [4.78, 5) is 31.4. The van der Waals surface area contributed by atoms with Crippen LogP contribution < -0.4 is 4.90 Å². The zero-order valence-electron chi connectivity index (χ0n) is 30.0. The van der Waals surface area contributed by atoms with Gasteiger partial charge in [0.2, 0.25) is 9.84 Å². The van der Waals surface area contributed by atoms with Gasteiger partial charge in [-0.1, -0.05) is 18.6 Å². The molecule has 11 heteroatoms. The van der Waals surface area contributed by atoms with Gasteiger partial charge in [0.05, 0.1) is 22.5 Å². The Morgan fingerprint density at radius 3 is 2.13 bits per heavy atom. The maximum atomic E-state index is 15.0. The van der Waals surface area contributed by atoms with Crippen LogP contribution in [0.5, 0.6) is 0 Å². The van der Waals surface area contributed by atoms with Crippen molar-refractivity contribution in [1.29, 1.82) is 0 Å². The number of esters is 1. The SMILES string of the molecule is COC(=O)C[C@H]1CCC[C@@H]1[C@](CN1CCC1)(c1cccc(F)c1)C1CCN(CC2CN(c3ccc(S(=O)(=O)c4ccc(C(=O)O)cc4)cc3)C2)CC1. The van der Waals surface area contributed by atoms with Gasteiger partial charge in [0.25, 0.3) is 0 Å². The van der Waals surface area contributed by atoms with E-state index in [2.05, 4.69) is 20.8 Å². The molecule has 3 heterocycles. The van der Waals surface area contributed by atoms with E-state index in [1.165, 1.54) is 37.8 Å². The molecule has 3 aliphatic heterocycles. The van der Waals surface area contributed by atoms with E-state index >= 15 is 0 Å². The van der Waals surface area contributed by atoms with Crippen molar-refractivity contribution in [2.24, 2.45) is 23.7 Å². The van der Waals surface area contributed by atoms with Crippen molar-refractivity contribution >= 4 is 27.5 Å². The molecule has 3 aromatic rings. The van der Waals surface area contributed by atoms with Crippen LogP contribution in [-0.4, -0.2) is 94.7 Å². The zero-order chi connectivity index (χ0) is 36.5. The van der Waals surface area contributed by atoms with E-state index in [-0.39, 0.29) is 38.5 Å². The van der Waals surface area contributed by atoms with Gasteiger partial charge in [-0.15, -0.1) is 0 Å². The van der Waals surface area contributed by atoms with Gasteiger partial charge in [-0.3, -0.25) is 4.79 Å². The fraction of sp³-hybridized carbons (Fsp3) is 0.512. The Morgan fingerprint density at radius 2 is 1.54 bits per heavy atom. The monoisotopic (exact) mass is 731 g/mol. The molecule has 52 heavy (non-hydrogen) atoms. The highest BCUT2D eigenvalue weighted by atomic mass is 32.2. The summed E-state index contributed by atoms with van der Waals surface area (Å²) in [6.07, 6.45) is 6.85. The van der Waals surface area contributed by atoms with Crippen molar-refractivity contribution in [3.63, 3.8) is 0 Å². The third-order valence-corrected chi connectivity index (χ3v) is 14.3. The Balaban J connectivity index is 0.997. The number of rotatable bonds is 13. The fourth-order valence-corrected chi connectivity index (χ4v) is 10.9. The quantitative estimate of drug-likeness (QED) is 0.208. The largest absolute Gasteiger partial charge is 0.478 e. The molecule has 0 radical (unpaired) electrons. The van der Waals surface area contributed by atoms with E-state index in [1.54, 1.807) is 24.3 Å². The van der Waals surface area contributed by atoms with E-state index in [0.717, 1.165) is 95.7 Å². The highest BCUT2D eigenvalue weighted by molar-refractivity contribution is 7.91. The third-order valence-electron chi connectivity index (χ3n) is 12.5. The summed E-state index contributed by atoms with van der Waals surface area (Å²) >= 11 is 0. The summed E-state index contributed by atoms with van der Waals surface area (Å²) in [5, 5.41) is 9.13.